The van der Waals surface area contributed by atoms with Gasteiger partial charge in [0, 0.05) is 45.2 Å². The van der Waals surface area contributed by atoms with Gasteiger partial charge in [0.25, 0.3) is 0 Å². The van der Waals surface area contributed by atoms with Gasteiger partial charge >= 0.3 is 0 Å². The smallest absolute Gasteiger partial charge is 0.222 e. The van der Waals surface area contributed by atoms with Crippen LogP contribution in [0.15, 0.2) is 72.8 Å². The Kier molecular flexibility index (Phi) is 11.0. The van der Waals surface area contributed by atoms with Crippen LogP contribution in [0.4, 0.5) is 5.69 Å². The lowest BCUT2D eigenvalue weighted by atomic mass is 10.00. The fourth-order valence-electron chi connectivity index (χ4n) is 4.91. The summed E-state index contributed by atoms with van der Waals surface area (Å²) < 4.78 is 0. The first-order valence-electron chi connectivity index (χ1n) is 13.9. The average Bonchev–Trinajstić information content (AvgIpc) is 2.95. The molecule has 1 heterocycles. The maximum atomic E-state index is 11.5. The van der Waals surface area contributed by atoms with Crippen molar-refractivity contribution >= 4 is 17.5 Å². The summed E-state index contributed by atoms with van der Waals surface area (Å²) in [4.78, 5) is 27.0. The third kappa shape index (κ3) is 7.95. The Morgan fingerprint density at radius 3 is 2.26 bits per heavy atom. The molecule has 2 amide bonds. The SMILES string of the molecule is CCC(=O)N1CCc2ccccc2C1.CCCN(CC)c1cccc(-c2ccc(C(C)NC(C)=O)cc2)c1. The quantitative estimate of drug-likeness (QED) is 0.362. The lowest BCUT2D eigenvalue weighted by molar-refractivity contribution is -0.131. The van der Waals surface area contributed by atoms with Gasteiger partial charge in [-0.15, -0.1) is 0 Å². The van der Waals surface area contributed by atoms with Crippen molar-refractivity contribution in [3.05, 3.63) is 89.5 Å². The number of rotatable bonds is 8. The van der Waals surface area contributed by atoms with Crippen molar-refractivity contribution in [2.24, 2.45) is 0 Å². The van der Waals surface area contributed by atoms with E-state index in [4.69, 9.17) is 0 Å². The highest BCUT2D eigenvalue weighted by Crippen LogP contribution is 2.26. The maximum Gasteiger partial charge on any atom is 0.222 e. The molecule has 38 heavy (non-hydrogen) atoms. The van der Waals surface area contributed by atoms with Crippen molar-refractivity contribution in [2.45, 2.75) is 66.5 Å². The summed E-state index contributed by atoms with van der Waals surface area (Å²) in [5.74, 6) is 0.259. The second-order valence-electron chi connectivity index (χ2n) is 9.86. The third-order valence-corrected chi connectivity index (χ3v) is 7.04. The van der Waals surface area contributed by atoms with Crippen LogP contribution in [-0.4, -0.2) is 36.3 Å². The van der Waals surface area contributed by atoms with E-state index in [0.29, 0.717) is 6.42 Å². The third-order valence-electron chi connectivity index (χ3n) is 7.04. The summed E-state index contributed by atoms with van der Waals surface area (Å²) in [5.41, 5.74) is 7.51. The molecule has 0 saturated heterocycles. The molecule has 5 nitrogen and oxygen atoms in total. The molecular formula is C33H43N3O2. The predicted octanol–water partition coefficient (Wildman–Crippen LogP) is 6.77. The highest BCUT2D eigenvalue weighted by molar-refractivity contribution is 5.76. The number of carbonyl (C=O) groups is 2. The van der Waals surface area contributed by atoms with Gasteiger partial charge in [-0.25, -0.2) is 0 Å². The number of carbonyl (C=O) groups excluding carboxylic acids is 2. The Morgan fingerprint density at radius 1 is 0.921 bits per heavy atom. The molecule has 0 aliphatic carbocycles. The van der Waals surface area contributed by atoms with Gasteiger partial charge in [-0.05, 0) is 66.6 Å². The van der Waals surface area contributed by atoms with Crippen LogP contribution in [0.25, 0.3) is 11.1 Å². The molecule has 0 radical (unpaired) electrons. The average molecular weight is 514 g/mol. The normalized spacial score (nSPS) is 13.0. The topological polar surface area (TPSA) is 52.7 Å². The Labute approximate surface area is 228 Å². The highest BCUT2D eigenvalue weighted by Gasteiger charge is 2.18. The zero-order chi connectivity index (χ0) is 27.5. The van der Waals surface area contributed by atoms with E-state index < -0.39 is 0 Å². The molecule has 202 valence electrons. The molecule has 5 heteroatoms. The van der Waals surface area contributed by atoms with E-state index in [1.807, 2.05) is 24.8 Å². The van der Waals surface area contributed by atoms with Gasteiger partial charge in [-0.3, -0.25) is 9.59 Å². The molecule has 0 spiro atoms. The van der Waals surface area contributed by atoms with Crippen molar-refractivity contribution in [3.63, 3.8) is 0 Å². The lowest BCUT2D eigenvalue weighted by Gasteiger charge is -2.28. The van der Waals surface area contributed by atoms with Crippen molar-refractivity contribution in [3.8, 4) is 11.1 Å². The van der Waals surface area contributed by atoms with Crippen LogP contribution < -0.4 is 10.2 Å². The van der Waals surface area contributed by atoms with E-state index in [1.54, 1.807) is 6.92 Å². The summed E-state index contributed by atoms with van der Waals surface area (Å²) >= 11 is 0. The van der Waals surface area contributed by atoms with Crippen LogP contribution in [-0.2, 0) is 22.6 Å². The van der Waals surface area contributed by atoms with Gasteiger partial charge in [-0.2, -0.15) is 0 Å². The summed E-state index contributed by atoms with van der Waals surface area (Å²) in [6.45, 7) is 13.6. The number of benzene rings is 3. The summed E-state index contributed by atoms with van der Waals surface area (Å²) in [6, 6.07) is 25.5. The zero-order valence-corrected chi connectivity index (χ0v) is 23.7. The van der Waals surface area contributed by atoms with Crippen molar-refractivity contribution < 1.29 is 9.59 Å². The second kappa shape index (κ2) is 14.4. The fraction of sp³-hybridized carbons (Fsp3) is 0.394. The Hall–Kier alpha value is -3.60. The molecule has 0 saturated carbocycles. The molecule has 1 aliphatic heterocycles. The highest BCUT2D eigenvalue weighted by atomic mass is 16.2. The predicted molar refractivity (Wildman–Crippen MR) is 158 cm³/mol. The van der Waals surface area contributed by atoms with Crippen molar-refractivity contribution in [1.82, 2.24) is 10.2 Å². The number of hydrogen-bond donors (Lipinski definition) is 1. The van der Waals surface area contributed by atoms with Crippen LogP contribution in [0.1, 0.15) is 70.2 Å². The van der Waals surface area contributed by atoms with Crippen LogP contribution >= 0.6 is 0 Å². The van der Waals surface area contributed by atoms with E-state index in [9.17, 15) is 9.59 Å². The molecule has 1 atom stereocenters. The molecule has 0 aromatic heterocycles. The van der Waals surface area contributed by atoms with Crippen LogP contribution in [0.2, 0.25) is 0 Å². The number of fused-ring (bicyclic) bond motifs is 1. The van der Waals surface area contributed by atoms with E-state index in [-0.39, 0.29) is 17.9 Å². The van der Waals surface area contributed by atoms with Gasteiger partial charge in [-0.1, -0.05) is 74.5 Å². The van der Waals surface area contributed by atoms with E-state index in [1.165, 1.54) is 27.9 Å². The van der Waals surface area contributed by atoms with Crippen LogP contribution in [0.5, 0.6) is 0 Å². The standard InChI is InChI=1S/C21H28N2O.C12H15NO/c1-5-14-23(6-2)21-9-7-8-20(15-21)19-12-10-18(11-13-19)16(3)22-17(4)24;1-2-12(14)13-8-7-10-5-3-4-6-11(10)9-13/h7-13,15-16H,5-6,14H2,1-4H3,(H,22,24);3-6H,2,7-9H2,1H3. The molecule has 1 aliphatic rings. The minimum atomic E-state index is -0.00476. The number of nitrogens with one attached hydrogen (secondary N) is 1. The van der Waals surface area contributed by atoms with Gasteiger partial charge in [0.2, 0.25) is 11.8 Å². The molecule has 3 aromatic carbocycles. The molecule has 0 bridgehead atoms. The molecule has 4 rings (SSSR count). The van der Waals surface area contributed by atoms with Crippen molar-refractivity contribution in [2.75, 3.05) is 24.5 Å². The van der Waals surface area contributed by atoms with E-state index in [0.717, 1.165) is 44.6 Å². The first kappa shape index (κ1) is 29.0. The van der Waals surface area contributed by atoms with Gasteiger partial charge in [0.05, 0.1) is 6.04 Å². The number of hydrogen-bond acceptors (Lipinski definition) is 3. The van der Waals surface area contributed by atoms with E-state index in [2.05, 4.69) is 90.8 Å². The largest absolute Gasteiger partial charge is 0.372 e. The van der Waals surface area contributed by atoms with Crippen molar-refractivity contribution in [1.29, 1.82) is 0 Å². The second-order valence-corrected chi connectivity index (χ2v) is 9.86. The van der Waals surface area contributed by atoms with Crippen LogP contribution in [0.3, 0.4) is 0 Å². The Morgan fingerprint density at radius 2 is 1.63 bits per heavy atom. The monoisotopic (exact) mass is 513 g/mol. The summed E-state index contributed by atoms with van der Waals surface area (Å²) in [7, 11) is 0. The van der Waals surface area contributed by atoms with Gasteiger partial charge in [0.15, 0.2) is 0 Å². The van der Waals surface area contributed by atoms with E-state index >= 15 is 0 Å². The first-order chi connectivity index (χ1) is 18.4. The number of amides is 2. The summed E-state index contributed by atoms with van der Waals surface area (Å²) in [6.07, 6.45) is 2.76. The number of anilines is 1. The van der Waals surface area contributed by atoms with Gasteiger partial charge < -0.3 is 15.1 Å². The molecular weight excluding hydrogens is 470 g/mol. The Balaban J connectivity index is 0.000000241. The number of nitrogens with zero attached hydrogens (tertiary/aromatic N) is 2. The molecule has 1 N–H and O–H groups in total. The molecule has 3 aromatic rings. The Bertz CT molecular complexity index is 1190. The summed E-state index contributed by atoms with van der Waals surface area (Å²) in [5, 5.41) is 2.92. The fourth-order valence-corrected chi connectivity index (χ4v) is 4.91. The van der Waals surface area contributed by atoms with Crippen LogP contribution in [0, 0.1) is 0 Å². The van der Waals surface area contributed by atoms with Gasteiger partial charge in [0.1, 0.15) is 0 Å². The minimum Gasteiger partial charge on any atom is -0.372 e. The first-order valence-corrected chi connectivity index (χ1v) is 13.9. The zero-order valence-electron chi connectivity index (χ0n) is 23.7. The maximum absolute atomic E-state index is 11.5. The molecule has 0 fully saturated rings. The molecule has 1 unspecified atom stereocenters. The lowest BCUT2D eigenvalue weighted by Crippen LogP contribution is -2.35. The minimum absolute atomic E-state index is 0.00476.